The maximum atomic E-state index is 13.0. The first kappa shape index (κ1) is 16.3. The first-order chi connectivity index (χ1) is 10.5. The molecule has 0 bridgehead atoms. The molecule has 0 aliphatic carbocycles. The van der Waals surface area contributed by atoms with Gasteiger partial charge in [-0.1, -0.05) is 11.6 Å². The van der Waals surface area contributed by atoms with Gasteiger partial charge in [0.2, 0.25) is 0 Å². The number of aromatic nitrogens is 2. The summed E-state index contributed by atoms with van der Waals surface area (Å²) in [4.78, 5) is 19.0. The SMILES string of the molecule is CC(Cc1cnc[nH]1)NC(=O)C(C)Oc1ccc(F)cc1Cl. The molecule has 1 heterocycles. The van der Waals surface area contributed by atoms with Gasteiger partial charge in [-0.15, -0.1) is 0 Å². The zero-order chi connectivity index (χ0) is 16.1. The lowest BCUT2D eigenvalue weighted by Crippen LogP contribution is -2.42. The molecule has 0 saturated carbocycles. The van der Waals surface area contributed by atoms with Gasteiger partial charge in [0.25, 0.3) is 5.91 Å². The van der Waals surface area contributed by atoms with Gasteiger partial charge in [0.1, 0.15) is 11.6 Å². The second-order valence-electron chi connectivity index (χ2n) is 5.03. The summed E-state index contributed by atoms with van der Waals surface area (Å²) in [7, 11) is 0. The van der Waals surface area contributed by atoms with Gasteiger partial charge in [-0.3, -0.25) is 4.79 Å². The average molecular weight is 326 g/mol. The molecule has 2 N–H and O–H groups in total. The molecule has 0 fully saturated rings. The van der Waals surface area contributed by atoms with Gasteiger partial charge in [0.15, 0.2) is 6.10 Å². The molecule has 2 unspecified atom stereocenters. The lowest BCUT2D eigenvalue weighted by molar-refractivity contribution is -0.127. The van der Waals surface area contributed by atoms with E-state index in [1.54, 1.807) is 19.4 Å². The van der Waals surface area contributed by atoms with E-state index >= 15 is 0 Å². The van der Waals surface area contributed by atoms with Crippen LogP contribution in [0.5, 0.6) is 5.75 Å². The molecule has 2 rings (SSSR count). The van der Waals surface area contributed by atoms with Crippen molar-refractivity contribution in [3.63, 3.8) is 0 Å². The van der Waals surface area contributed by atoms with Crippen molar-refractivity contribution in [2.24, 2.45) is 0 Å². The standard InChI is InChI=1S/C15H17ClFN3O2/c1-9(5-12-7-18-8-19-12)20-15(21)10(2)22-14-4-3-11(17)6-13(14)16/h3-4,6-10H,5H2,1-2H3,(H,18,19)(H,20,21). The number of amides is 1. The Labute approximate surface area is 132 Å². The Kier molecular flexibility index (Phi) is 5.38. The van der Waals surface area contributed by atoms with Crippen LogP contribution in [0.4, 0.5) is 4.39 Å². The number of nitrogens with zero attached hydrogens (tertiary/aromatic N) is 1. The third kappa shape index (κ3) is 4.46. The first-order valence-electron chi connectivity index (χ1n) is 6.85. The van der Waals surface area contributed by atoms with E-state index in [9.17, 15) is 9.18 Å². The van der Waals surface area contributed by atoms with E-state index in [0.717, 1.165) is 11.8 Å². The number of H-pyrrole nitrogens is 1. The summed E-state index contributed by atoms with van der Waals surface area (Å²) < 4.78 is 18.4. The number of hydrogen-bond donors (Lipinski definition) is 2. The number of halogens is 2. The quantitative estimate of drug-likeness (QED) is 0.858. The van der Waals surface area contributed by atoms with E-state index in [4.69, 9.17) is 16.3 Å². The van der Waals surface area contributed by atoms with Gasteiger partial charge in [0.05, 0.1) is 11.3 Å². The van der Waals surface area contributed by atoms with Gasteiger partial charge in [0, 0.05) is 24.4 Å². The fourth-order valence-corrected chi connectivity index (χ4v) is 2.16. The largest absolute Gasteiger partial charge is 0.479 e. The molecule has 0 radical (unpaired) electrons. The van der Waals surface area contributed by atoms with Gasteiger partial charge in [-0.05, 0) is 32.0 Å². The molecule has 0 saturated heterocycles. The number of benzene rings is 1. The van der Waals surface area contributed by atoms with Crippen molar-refractivity contribution in [3.8, 4) is 5.75 Å². The van der Waals surface area contributed by atoms with Crippen LogP contribution in [0.2, 0.25) is 5.02 Å². The number of carbonyl (C=O) groups is 1. The van der Waals surface area contributed by atoms with Crippen LogP contribution in [0, 0.1) is 5.82 Å². The van der Waals surface area contributed by atoms with E-state index in [-0.39, 0.29) is 22.7 Å². The van der Waals surface area contributed by atoms with Gasteiger partial charge < -0.3 is 15.0 Å². The summed E-state index contributed by atoms with van der Waals surface area (Å²) in [5.74, 6) is -0.457. The van der Waals surface area contributed by atoms with Crippen molar-refractivity contribution in [2.75, 3.05) is 0 Å². The number of hydrogen-bond acceptors (Lipinski definition) is 3. The summed E-state index contributed by atoms with van der Waals surface area (Å²) in [5, 5.41) is 2.97. The van der Waals surface area contributed by atoms with E-state index in [1.165, 1.54) is 12.1 Å². The van der Waals surface area contributed by atoms with E-state index in [0.29, 0.717) is 6.42 Å². The molecule has 0 aliphatic heterocycles. The van der Waals surface area contributed by atoms with E-state index in [2.05, 4.69) is 15.3 Å². The van der Waals surface area contributed by atoms with Crippen LogP contribution >= 0.6 is 11.6 Å². The van der Waals surface area contributed by atoms with E-state index in [1.807, 2.05) is 6.92 Å². The normalized spacial score (nSPS) is 13.5. The number of imidazole rings is 1. The molecule has 2 atom stereocenters. The lowest BCUT2D eigenvalue weighted by atomic mass is 10.2. The molecule has 118 valence electrons. The minimum atomic E-state index is -0.743. The summed E-state index contributed by atoms with van der Waals surface area (Å²) in [6, 6.07) is 3.69. The maximum absolute atomic E-state index is 13.0. The second-order valence-corrected chi connectivity index (χ2v) is 5.43. The van der Waals surface area contributed by atoms with Crippen LogP contribution in [0.3, 0.4) is 0 Å². The molecule has 0 aliphatic rings. The average Bonchev–Trinajstić information content (AvgIpc) is 2.94. The zero-order valence-corrected chi connectivity index (χ0v) is 13.0. The molecule has 0 spiro atoms. The molecule has 5 nitrogen and oxygen atoms in total. The maximum Gasteiger partial charge on any atom is 0.260 e. The highest BCUT2D eigenvalue weighted by atomic mass is 35.5. The summed E-state index contributed by atoms with van der Waals surface area (Å²) >= 11 is 5.87. The van der Waals surface area contributed by atoms with Crippen molar-refractivity contribution >= 4 is 17.5 Å². The van der Waals surface area contributed by atoms with Crippen LogP contribution in [-0.2, 0) is 11.2 Å². The molecule has 2 aromatic rings. The predicted octanol–water partition coefficient (Wildman–Crippen LogP) is 2.72. The smallest absolute Gasteiger partial charge is 0.260 e. The minimum absolute atomic E-state index is 0.0808. The van der Waals surface area contributed by atoms with Crippen molar-refractivity contribution in [3.05, 3.63) is 47.3 Å². The highest BCUT2D eigenvalue weighted by molar-refractivity contribution is 6.32. The topological polar surface area (TPSA) is 67.0 Å². The highest BCUT2D eigenvalue weighted by Gasteiger charge is 2.18. The van der Waals surface area contributed by atoms with Gasteiger partial charge in [-0.25, -0.2) is 9.37 Å². The fraction of sp³-hybridized carbons (Fsp3) is 0.333. The molecule has 22 heavy (non-hydrogen) atoms. The first-order valence-corrected chi connectivity index (χ1v) is 7.23. The van der Waals surface area contributed by atoms with Crippen LogP contribution in [0.15, 0.2) is 30.7 Å². The van der Waals surface area contributed by atoms with Crippen LogP contribution < -0.4 is 10.1 Å². The third-order valence-corrected chi connectivity index (χ3v) is 3.33. The van der Waals surface area contributed by atoms with Gasteiger partial charge in [-0.2, -0.15) is 0 Å². The molecule has 1 amide bonds. The van der Waals surface area contributed by atoms with Crippen molar-refractivity contribution in [1.29, 1.82) is 0 Å². The minimum Gasteiger partial charge on any atom is -0.479 e. The van der Waals surface area contributed by atoms with Crippen LogP contribution in [-0.4, -0.2) is 28.0 Å². The molecule has 7 heteroatoms. The van der Waals surface area contributed by atoms with Crippen molar-refractivity contribution in [2.45, 2.75) is 32.4 Å². The highest BCUT2D eigenvalue weighted by Crippen LogP contribution is 2.25. The Morgan fingerprint density at radius 1 is 1.50 bits per heavy atom. The third-order valence-electron chi connectivity index (χ3n) is 3.04. The monoisotopic (exact) mass is 325 g/mol. The lowest BCUT2D eigenvalue weighted by Gasteiger charge is -2.19. The van der Waals surface area contributed by atoms with Gasteiger partial charge >= 0.3 is 0 Å². The Bertz CT molecular complexity index is 634. The summed E-state index contributed by atoms with van der Waals surface area (Å²) in [6.45, 7) is 3.49. The number of rotatable bonds is 6. The van der Waals surface area contributed by atoms with Crippen LogP contribution in [0.25, 0.3) is 0 Å². The molecular weight excluding hydrogens is 309 g/mol. The Hall–Kier alpha value is -2.08. The second kappa shape index (κ2) is 7.26. The number of aromatic amines is 1. The summed E-state index contributed by atoms with van der Waals surface area (Å²) in [5.41, 5.74) is 0.933. The molecule has 1 aromatic carbocycles. The number of nitrogens with one attached hydrogen (secondary N) is 2. The molecule has 1 aromatic heterocycles. The van der Waals surface area contributed by atoms with Crippen molar-refractivity contribution < 1.29 is 13.9 Å². The molecular formula is C15H17ClFN3O2. The van der Waals surface area contributed by atoms with Crippen molar-refractivity contribution in [1.82, 2.24) is 15.3 Å². The summed E-state index contributed by atoms with van der Waals surface area (Å²) in [6.07, 6.45) is 3.19. The number of ether oxygens (including phenoxy) is 1. The Balaban J connectivity index is 1.88. The Morgan fingerprint density at radius 2 is 2.27 bits per heavy atom. The fourth-order valence-electron chi connectivity index (χ4n) is 1.95. The predicted molar refractivity (Wildman–Crippen MR) is 81.4 cm³/mol. The number of carbonyl (C=O) groups excluding carboxylic acids is 1. The van der Waals surface area contributed by atoms with E-state index < -0.39 is 11.9 Å². The Morgan fingerprint density at radius 3 is 2.91 bits per heavy atom. The zero-order valence-electron chi connectivity index (χ0n) is 12.3. The van der Waals surface area contributed by atoms with Crippen LogP contribution in [0.1, 0.15) is 19.5 Å².